The largest absolute Gasteiger partial charge is 0.508 e. The van der Waals surface area contributed by atoms with Crippen molar-refractivity contribution in [2.75, 3.05) is 19.3 Å². The zero-order valence-electron chi connectivity index (χ0n) is 11.7. The van der Waals surface area contributed by atoms with Gasteiger partial charge < -0.3 is 10.4 Å². The van der Waals surface area contributed by atoms with Gasteiger partial charge in [-0.25, -0.2) is 13.1 Å². The van der Waals surface area contributed by atoms with E-state index in [9.17, 15) is 13.5 Å². The Morgan fingerprint density at radius 1 is 1.35 bits per heavy atom. The van der Waals surface area contributed by atoms with Crippen LogP contribution in [0.1, 0.15) is 36.4 Å². The normalized spacial score (nSPS) is 18.8. The van der Waals surface area contributed by atoms with Gasteiger partial charge in [0.25, 0.3) is 0 Å². The molecule has 0 amide bonds. The molecule has 0 saturated heterocycles. The van der Waals surface area contributed by atoms with Gasteiger partial charge in [-0.1, -0.05) is 6.07 Å². The fraction of sp³-hybridized carbons (Fsp3) is 0.571. The third-order valence-electron chi connectivity index (χ3n) is 3.55. The first-order chi connectivity index (χ1) is 9.46. The molecule has 6 heteroatoms. The summed E-state index contributed by atoms with van der Waals surface area (Å²) in [6.45, 7) is 1.20. The van der Waals surface area contributed by atoms with Gasteiger partial charge in [0.2, 0.25) is 10.0 Å². The second-order valence-corrected chi connectivity index (χ2v) is 7.14. The molecule has 0 heterocycles. The van der Waals surface area contributed by atoms with Gasteiger partial charge >= 0.3 is 0 Å². The van der Waals surface area contributed by atoms with Crippen molar-refractivity contribution in [2.24, 2.45) is 0 Å². The summed E-state index contributed by atoms with van der Waals surface area (Å²) in [5, 5.41) is 13.0. The molecule has 0 spiro atoms. The van der Waals surface area contributed by atoms with Crippen molar-refractivity contribution in [3.05, 3.63) is 29.3 Å². The van der Waals surface area contributed by atoms with Gasteiger partial charge in [-0.15, -0.1) is 0 Å². The smallest absolute Gasteiger partial charge is 0.208 e. The SMILES string of the molecule is CS(=O)(=O)NCCCNC1CCCc2ccc(O)cc21. The van der Waals surface area contributed by atoms with Crippen LogP contribution in [-0.2, 0) is 16.4 Å². The summed E-state index contributed by atoms with van der Waals surface area (Å²) in [6, 6.07) is 5.81. The van der Waals surface area contributed by atoms with E-state index in [-0.39, 0.29) is 6.04 Å². The van der Waals surface area contributed by atoms with Crippen LogP contribution in [0.25, 0.3) is 0 Å². The first-order valence-corrected chi connectivity index (χ1v) is 8.85. The van der Waals surface area contributed by atoms with E-state index in [0.717, 1.165) is 32.2 Å². The first kappa shape index (κ1) is 15.3. The molecule has 2 rings (SSSR count). The lowest BCUT2D eigenvalue weighted by molar-refractivity contribution is 0.443. The summed E-state index contributed by atoms with van der Waals surface area (Å²) in [6.07, 6.45) is 5.16. The molecule has 0 bridgehead atoms. The Morgan fingerprint density at radius 3 is 2.90 bits per heavy atom. The van der Waals surface area contributed by atoms with Gasteiger partial charge in [-0.05, 0) is 55.5 Å². The molecule has 0 saturated carbocycles. The summed E-state index contributed by atoms with van der Waals surface area (Å²) in [7, 11) is -3.09. The fourth-order valence-corrected chi connectivity index (χ4v) is 3.14. The van der Waals surface area contributed by atoms with Gasteiger partial charge in [0.1, 0.15) is 5.75 Å². The molecule has 1 aromatic carbocycles. The third kappa shape index (κ3) is 4.47. The second kappa shape index (κ2) is 6.56. The zero-order chi connectivity index (χ0) is 14.6. The number of sulfonamides is 1. The molecule has 1 unspecified atom stereocenters. The Balaban J connectivity index is 1.84. The Bertz CT molecular complexity index is 558. The van der Waals surface area contributed by atoms with Crippen LogP contribution in [0.4, 0.5) is 0 Å². The molecule has 0 aliphatic heterocycles. The van der Waals surface area contributed by atoms with Gasteiger partial charge in [-0.2, -0.15) is 0 Å². The molecule has 112 valence electrons. The maximum Gasteiger partial charge on any atom is 0.208 e. The number of aryl methyl sites for hydroxylation is 1. The lowest BCUT2D eigenvalue weighted by atomic mass is 9.87. The molecule has 1 aromatic rings. The number of phenolic OH excluding ortho intramolecular Hbond substituents is 1. The topological polar surface area (TPSA) is 78.4 Å². The van der Waals surface area contributed by atoms with Gasteiger partial charge in [0, 0.05) is 12.6 Å². The van der Waals surface area contributed by atoms with E-state index in [4.69, 9.17) is 0 Å². The summed E-state index contributed by atoms with van der Waals surface area (Å²) < 4.78 is 24.4. The number of nitrogens with one attached hydrogen (secondary N) is 2. The predicted octanol–water partition coefficient (Wildman–Crippen LogP) is 1.30. The number of fused-ring (bicyclic) bond motifs is 1. The Labute approximate surface area is 120 Å². The number of hydrogen-bond donors (Lipinski definition) is 3. The highest BCUT2D eigenvalue weighted by molar-refractivity contribution is 7.88. The lowest BCUT2D eigenvalue weighted by Gasteiger charge is -2.26. The van der Waals surface area contributed by atoms with Crippen LogP contribution in [0.3, 0.4) is 0 Å². The molecule has 1 atom stereocenters. The molecule has 0 fully saturated rings. The van der Waals surface area contributed by atoms with Crippen LogP contribution >= 0.6 is 0 Å². The Hall–Kier alpha value is -1.11. The van der Waals surface area contributed by atoms with Crippen molar-refractivity contribution < 1.29 is 13.5 Å². The maximum atomic E-state index is 10.9. The number of aromatic hydroxyl groups is 1. The minimum absolute atomic E-state index is 0.254. The summed E-state index contributed by atoms with van der Waals surface area (Å²) in [5.74, 6) is 0.302. The quantitative estimate of drug-likeness (QED) is 0.692. The fourth-order valence-electron chi connectivity index (χ4n) is 2.62. The Morgan fingerprint density at radius 2 is 2.15 bits per heavy atom. The number of rotatable bonds is 6. The highest BCUT2D eigenvalue weighted by Crippen LogP contribution is 2.31. The van der Waals surface area contributed by atoms with E-state index >= 15 is 0 Å². The first-order valence-electron chi connectivity index (χ1n) is 6.95. The van der Waals surface area contributed by atoms with Crippen molar-refractivity contribution in [1.82, 2.24) is 10.0 Å². The molecule has 1 aliphatic carbocycles. The highest BCUT2D eigenvalue weighted by Gasteiger charge is 2.19. The molecular formula is C14H22N2O3S. The number of benzene rings is 1. The van der Waals surface area contributed by atoms with Gasteiger partial charge in [0.05, 0.1) is 6.26 Å². The van der Waals surface area contributed by atoms with Gasteiger partial charge in [-0.3, -0.25) is 0 Å². The molecule has 3 N–H and O–H groups in total. The molecule has 0 aromatic heterocycles. The molecular weight excluding hydrogens is 276 g/mol. The van der Waals surface area contributed by atoms with Crippen LogP contribution in [0.2, 0.25) is 0 Å². The average molecular weight is 298 g/mol. The summed E-state index contributed by atoms with van der Waals surface area (Å²) >= 11 is 0. The lowest BCUT2D eigenvalue weighted by Crippen LogP contribution is -2.29. The molecule has 5 nitrogen and oxygen atoms in total. The zero-order valence-corrected chi connectivity index (χ0v) is 12.5. The highest BCUT2D eigenvalue weighted by atomic mass is 32.2. The van der Waals surface area contributed by atoms with Crippen molar-refractivity contribution >= 4 is 10.0 Å². The third-order valence-corrected chi connectivity index (χ3v) is 4.28. The standard InChI is InChI=1S/C14H22N2O3S/c1-20(18,19)16-9-3-8-15-14-5-2-4-11-6-7-12(17)10-13(11)14/h6-7,10,14-17H,2-5,8-9H2,1H3. The van der Waals surface area contributed by atoms with E-state index < -0.39 is 10.0 Å². The van der Waals surface area contributed by atoms with E-state index in [1.54, 1.807) is 6.07 Å². The minimum atomic E-state index is -3.09. The van der Waals surface area contributed by atoms with E-state index in [1.807, 2.05) is 12.1 Å². The summed E-state index contributed by atoms with van der Waals surface area (Å²) in [5.41, 5.74) is 2.47. The molecule has 0 radical (unpaired) electrons. The average Bonchev–Trinajstić information content (AvgIpc) is 2.37. The number of hydrogen-bond acceptors (Lipinski definition) is 4. The maximum absolute atomic E-state index is 10.9. The van der Waals surface area contributed by atoms with Crippen LogP contribution in [0.15, 0.2) is 18.2 Å². The van der Waals surface area contributed by atoms with Crippen LogP contribution in [-0.4, -0.2) is 32.9 Å². The number of phenols is 1. The predicted molar refractivity (Wildman–Crippen MR) is 79.3 cm³/mol. The van der Waals surface area contributed by atoms with Crippen LogP contribution < -0.4 is 10.0 Å². The van der Waals surface area contributed by atoms with Crippen molar-refractivity contribution in [2.45, 2.75) is 31.7 Å². The molecule has 1 aliphatic rings. The van der Waals surface area contributed by atoms with Crippen molar-refractivity contribution in [3.63, 3.8) is 0 Å². The molecule has 20 heavy (non-hydrogen) atoms. The Kier molecular flexibility index (Phi) is 5.01. The van der Waals surface area contributed by atoms with Crippen LogP contribution in [0.5, 0.6) is 5.75 Å². The van der Waals surface area contributed by atoms with Crippen molar-refractivity contribution in [1.29, 1.82) is 0 Å². The van der Waals surface area contributed by atoms with Crippen LogP contribution in [0, 0.1) is 0 Å². The monoisotopic (exact) mass is 298 g/mol. The minimum Gasteiger partial charge on any atom is -0.508 e. The van der Waals surface area contributed by atoms with Gasteiger partial charge in [0.15, 0.2) is 0 Å². The van der Waals surface area contributed by atoms with E-state index in [1.165, 1.54) is 17.4 Å². The van der Waals surface area contributed by atoms with Crippen molar-refractivity contribution in [3.8, 4) is 5.75 Å². The van der Waals surface area contributed by atoms with E-state index in [2.05, 4.69) is 10.0 Å². The second-order valence-electron chi connectivity index (χ2n) is 5.30. The van der Waals surface area contributed by atoms with E-state index in [0.29, 0.717) is 12.3 Å². The summed E-state index contributed by atoms with van der Waals surface area (Å²) in [4.78, 5) is 0.